The predicted molar refractivity (Wildman–Crippen MR) is 42.6 cm³/mol. The van der Waals surface area contributed by atoms with E-state index in [4.69, 9.17) is 16.6 Å². The number of nitrogens with two attached hydrogens (primary N) is 2. The van der Waals surface area contributed by atoms with Gasteiger partial charge in [-0.2, -0.15) is 4.39 Å². The topological polar surface area (TPSA) is 85.2 Å². The first-order valence-electron chi connectivity index (χ1n) is 3.42. The molecule has 0 fully saturated rings. The second-order valence-electron chi connectivity index (χ2n) is 2.44. The normalized spacial score (nSPS) is 12.9. The number of aliphatic hydroxyl groups is 1. The number of anilines is 1. The third-order valence-electron chi connectivity index (χ3n) is 1.51. The van der Waals surface area contributed by atoms with Gasteiger partial charge in [-0.25, -0.2) is 4.98 Å². The van der Waals surface area contributed by atoms with Crippen LogP contribution in [0.25, 0.3) is 0 Å². The van der Waals surface area contributed by atoms with Crippen molar-refractivity contribution in [2.45, 2.75) is 6.04 Å². The Kier molecular flexibility index (Phi) is 2.57. The van der Waals surface area contributed by atoms with Gasteiger partial charge in [0.15, 0.2) is 0 Å². The van der Waals surface area contributed by atoms with E-state index in [2.05, 4.69) is 4.98 Å². The molecule has 1 rings (SSSR count). The van der Waals surface area contributed by atoms with Gasteiger partial charge in [-0.05, 0) is 11.6 Å². The molecule has 0 amide bonds. The fourth-order valence-corrected chi connectivity index (χ4v) is 0.790. The maximum atomic E-state index is 12.5. The molecular formula is C7H10FN3O. The largest absolute Gasteiger partial charge is 0.395 e. The summed E-state index contributed by atoms with van der Waals surface area (Å²) < 4.78 is 12.5. The highest BCUT2D eigenvalue weighted by molar-refractivity contribution is 5.39. The first-order chi connectivity index (χ1) is 5.65. The average molecular weight is 171 g/mol. The molecule has 5 heteroatoms. The van der Waals surface area contributed by atoms with E-state index in [0.29, 0.717) is 5.56 Å². The van der Waals surface area contributed by atoms with E-state index in [0.717, 1.165) is 0 Å². The van der Waals surface area contributed by atoms with Crippen LogP contribution in [-0.4, -0.2) is 16.7 Å². The van der Waals surface area contributed by atoms with Gasteiger partial charge >= 0.3 is 0 Å². The summed E-state index contributed by atoms with van der Waals surface area (Å²) in [4.78, 5) is 3.36. The Morgan fingerprint density at radius 3 is 2.83 bits per heavy atom. The van der Waals surface area contributed by atoms with E-state index in [1.807, 2.05) is 0 Å². The van der Waals surface area contributed by atoms with E-state index in [1.165, 1.54) is 12.3 Å². The van der Waals surface area contributed by atoms with E-state index in [9.17, 15) is 4.39 Å². The Morgan fingerprint density at radius 1 is 1.67 bits per heavy atom. The molecule has 0 aromatic carbocycles. The van der Waals surface area contributed by atoms with Crippen LogP contribution in [0.15, 0.2) is 12.3 Å². The van der Waals surface area contributed by atoms with E-state index in [1.54, 1.807) is 0 Å². The summed E-state index contributed by atoms with van der Waals surface area (Å²) in [5.74, 6) is -0.719. The molecule has 0 aliphatic carbocycles. The van der Waals surface area contributed by atoms with Gasteiger partial charge in [0, 0.05) is 6.20 Å². The summed E-state index contributed by atoms with van der Waals surface area (Å²) in [7, 11) is 0. The minimum Gasteiger partial charge on any atom is -0.395 e. The number of nitrogen functional groups attached to an aromatic ring is 1. The van der Waals surface area contributed by atoms with Crippen molar-refractivity contribution >= 4 is 5.69 Å². The van der Waals surface area contributed by atoms with Crippen molar-refractivity contribution in [1.82, 2.24) is 4.98 Å². The number of rotatable bonds is 2. The lowest BCUT2D eigenvalue weighted by atomic mass is 10.1. The van der Waals surface area contributed by atoms with Gasteiger partial charge in [0.1, 0.15) is 0 Å². The Morgan fingerprint density at radius 2 is 2.33 bits per heavy atom. The lowest BCUT2D eigenvalue weighted by molar-refractivity contribution is 0.267. The minimum atomic E-state index is -0.719. The minimum absolute atomic E-state index is 0.0589. The molecule has 0 aliphatic rings. The Bertz CT molecular complexity index is 279. The monoisotopic (exact) mass is 171 g/mol. The molecule has 1 atom stereocenters. The average Bonchev–Trinajstić information content (AvgIpc) is 2.08. The van der Waals surface area contributed by atoms with Crippen LogP contribution in [0.5, 0.6) is 0 Å². The van der Waals surface area contributed by atoms with Gasteiger partial charge in [-0.15, -0.1) is 0 Å². The number of aliphatic hydroxyl groups excluding tert-OH is 1. The first-order valence-corrected chi connectivity index (χ1v) is 3.42. The summed E-state index contributed by atoms with van der Waals surface area (Å²) in [5.41, 5.74) is 11.1. The lowest BCUT2D eigenvalue weighted by Crippen LogP contribution is -2.15. The zero-order valence-corrected chi connectivity index (χ0v) is 6.37. The Balaban J connectivity index is 2.96. The molecule has 5 N–H and O–H groups in total. The summed E-state index contributed by atoms with van der Waals surface area (Å²) in [6.07, 6.45) is 1.26. The number of hydrogen-bond acceptors (Lipinski definition) is 4. The molecule has 0 radical (unpaired) electrons. The third kappa shape index (κ3) is 1.69. The molecular weight excluding hydrogens is 161 g/mol. The van der Waals surface area contributed by atoms with Crippen LogP contribution in [0.2, 0.25) is 0 Å². The quantitative estimate of drug-likeness (QED) is 0.538. The number of aromatic nitrogens is 1. The molecule has 4 nitrogen and oxygen atoms in total. The van der Waals surface area contributed by atoms with Gasteiger partial charge in [0.2, 0.25) is 5.95 Å². The number of nitrogens with zero attached hydrogens (tertiary/aromatic N) is 1. The van der Waals surface area contributed by atoms with Crippen molar-refractivity contribution in [2.75, 3.05) is 12.3 Å². The van der Waals surface area contributed by atoms with Crippen LogP contribution >= 0.6 is 0 Å². The van der Waals surface area contributed by atoms with Crippen LogP contribution < -0.4 is 11.5 Å². The smallest absolute Gasteiger partial charge is 0.236 e. The maximum Gasteiger partial charge on any atom is 0.236 e. The van der Waals surface area contributed by atoms with E-state index >= 15 is 0 Å². The summed E-state index contributed by atoms with van der Waals surface area (Å²) in [6.45, 7) is -0.216. The van der Waals surface area contributed by atoms with Crippen molar-refractivity contribution in [3.05, 3.63) is 23.8 Å². The third-order valence-corrected chi connectivity index (χ3v) is 1.51. The molecule has 0 aliphatic heterocycles. The molecule has 66 valence electrons. The fraction of sp³-hybridized carbons (Fsp3) is 0.286. The number of pyridine rings is 1. The molecule has 0 saturated carbocycles. The van der Waals surface area contributed by atoms with Crippen LogP contribution in [0.3, 0.4) is 0 Å². The fourth-order valence-electron chi connectivity index (χ4n) is 0.790. The highest BCUT2D eigenvalue weighted by Crippen LogP contribution is 2.13. The lowest BCUT2D eigenvalue weighted by Gasteiger charge is -2.07. The highest BCUT2D eigenvalue weighted by atomic mass is 19.1. The van der Waals surface area contributed by atoms with Crippen LogP contribution in [0, 0.1) is 5.95 Å². The second kappa shape index (κ2) is 3.46. The van der Waals surface area contributed by atoms with Crippen molar-refractivity contribution in [3.8, 4) is 0 Å². The van der Waals surface area contributed by atoms with E-state index < -0.39 is 12.0 Å². The first kappa shape index (κ1) is 8.89. The second-order valence-corrected chi connectivity index (χ2v) is 2.44. The van der Waals surface area contributed by atoms with Crippen molar-refractivity contribution in [3.63, 3.8) is 0 Å². The van der Waals surface area contributed by atoms with Crippen molar-refractivity contribution < 1.29 is 9.50 Å². The molecule has 0 saturated heterocycles. The summed E-state index contributed by atoms with van der Waals surface area (Å²) in [6, 6.07) is 0.809. The number of halogens is 1. The molecule has 1 aromatic rings. The molecule has 12 heavy (non-hydrogen) atoms. The maximum absolute atomic E-state index is 12.5. The predicted octanol–water partition coefficient (Wildman–Crippen LogP) is -0.205. The molecule has 1 heterocycles. The Hall–Kier alpha value is -1.20. The van der Waals surface area contributed by atoms with Crippen LogP contribution in [0.1, 0.15) is 11.6 Å². The summed E-state index contributed by atoms with van der Waals surface area (Å²) in [5, 5.41) is 8.66. The van der Waals surface area contributed by atoms with Gasteiger partial charge in [0.05, 0.1) is 18.3 Å². The molecule has 1 aromatic heterocycles. The van der Waals surface area contributed by atoms with Gasteiger partial charge in [-0.3, -0.25) is 0 Å². The van der Waals surface area contributed by atoms with Crippen molar-refractivity contribution in [2.24, 2.45) is 5.73 Å². The van der Waals surface area contributed by atoms with E-state index in [-0.39, 0.29) is 12.3 Å². The summed E-state index contributed by atoms with van der Waals surface area (Å²) >= 11 is 0. The van der Waals surface area contributed by atoms with Crippen LogP contribution in [0.4, 0.5) is 10.1 Å². The molecule has 0 bridgehead atoms. The SMILES string of the molecule is Nc1cc([C@H](N)CO)cnc1F. The number of hydrogen-bond donors (Lipinski definition) is 3. The Labute approximate surface area is 69.0 Å². The molecule has 0 unspecified atom stereocenters. The standard InChI is InChI=1S/C7H10FN3O/c8-7-5(9)1-4(2-11-7)6(10)3-12/h1-2,6,12H,3,9-10H2/t6-/m1/s1. The van der Waals surface area contributed by atoms with Gasteiger partial charge in [0.25, 0.3) is 0 Å². The highest BCUT2D eigenvalue weighted by Gasteiger charge is 2.07. The van der Waals surface area contributed by atoms with Gasteiger partial charge in [-0.1, -0.05) is 0 Å². The zero-order valence-electron chi connectivity index (χ0n) is 6.37. The van der Waals surface area contributed by atoms with Gasteiger partial charge < -0.3 is 16.6 Å². The zero-order chi connectivity index (χ0) is 9.14. The van der Waals surface area contributed by atoms with Crippen LogP contribution in [-0.2, 0) is 0 Å². The van der Waals surface area contributed by atoms with Crippen molar-refractivity contribution in [1.29, 1.82) is 0 Å². The molecule has 0 spiro atoms.